The van der Waals surface area contributed by atoms with Gasteiger partial charge in [0, 0.05) is 12.6 Å². The Hall–Kier alpha value is -0.170. The molecule has 1 unspecified atom stereocenters. The van der Waals surface area contributed by atoms with Gasteiger partial charge in [-0.1, -0.05) is 0 Å². The van der Waals surface area contributed by atoms with Crippen molar-refractivity contribution in [3.8, 4) is 0 Å². The van der Waals surface area contributed by atoms with Crippen LogP contribution in [0.1, 0.15) is 12.8 Å². The van der Waals surface area contributed by atoms with Crippen molar-refractivity contribution in [3.05, 3.63) is 0 Å². The molecule has 0 aliphatic heterocycles. The molecule has 0 radical (unpaired) electrons. The monoisotopic (exact) mass is 179 g/mol. The molecular formula is C5H13N3O2S. The summed E-state index contributed by atoms with van der Waals surface area (Å²) in [6, 6.07) is -0.0756. The van der Waals surface area contributed by atoms with Gasteiger partial charge in [0.25, 0.3) is 10.2 Å². The number of rotatable bonds is 4. The summed E-state index contributed by atoms with van der Waals surface area (Å²) in [6.45, 7) is 0.253. The molecular weight excluding hydrogens is 166 g/mol. The summed E-state index contributed by atoms with van der Waals surface area (Å²) in [5.74, 6) is 0.490. The van der Waals surface area contributed by atoms with E-state index in [-0.39, 0.29) is 12.6 Å². The highest BCUT2D eigenvalue weighted by Gasteiger charge is 2.28. The van der Waals surface area contributed by atoms with E-state index < -0.39 is 10.2 Å². The zero-order valence-electron chi connectivity index (χ0n) is 6.16. The highest BCUT2D eigenvalue weighted by atomic mass is 32.2. The van der Waals surface area contributed by atoms with Crippen molar-refractivity contribution in [1.82, 2.24) is 4.72 Å². The summed E-state index contributed by atoms with van der Waals surface area (Å²) in [4.78, 5) is 0. The quantitative estimate of drug-likeness (QED) is 0.490. The summed E-state index contributed by atoms with van der Waals surface area (Å²) in [5.41, 5.74) is 5.60. The summed E-state index contributed by atoms with van der Waals surface area (Å²) < 4.78 is 22.9. The van der Waals surface area contributed by atoms with Gasteiger partial charge in [-0.05, 0) is 18.8 Å². The van der Waals surface area contributed by atoms with Crippen LogP contribution in [-0.2, 0) is 10.2 Å². The Labute approximate surface area is 66.3 Å². The smallest absolute Gasteiger partial charge is 0.274 e. The van der Waals surface area contributed by atoms with Gasteiger partial charge in [0.15, 0.2) is 0 Å². The molecule has 0 amide bonds. The van der Waals surface area contributed by atoms with Crippen LogP contribution in [0.25, 0.3) is 0 Å². The fourth-order valence-corrected chi connectivity index (χ4v) is 1.33. The van der Waals surface area contributed by atoms with Crippen molar-refractivity contribution in [2.75, 3.05) is 6.54 Å². The van der Waals surface area contributed by atoms with E-state index in [2.05, 4.69) is 4.72 Å². The van der Waals surface area contributed by atoms with Crippen LogP contribution in [0.2, 0.25) is 0 Å². The molecule has 5 N–H and O–H groups in total. The minimum atomic E-state index is -3.55. The highest BCUT2D eigenvalue weighted by molar-refractivity contribution is 7.87. The lowest BCUT2D eigenvalue weighted by atomic mass is 10.2. The fourth-order valence-electron chi connectivity index (χ4n) is 0.903. The van der Waals surface area contributed by atoms with E-state index in [1.165, 1.54) is 0 Å². The minimum Gasteiger partial charge on any atom is -0.326 e. The third-order valence-electron chi connectivity index (χ3n) is 1.75. The van der Waals surface area contributed by atoms with Crippen molar-refractivity contribution in [2.45, 2.75) is 18.9 Å². The lowest BCUT2D eigenvalue weighted by Crippen LogP contribution is -2.41. The van der Waals surface area contributed by atoms with Crippen LogP contribution in [-0.4, -0.2) is 21.0 Å². The predicted octanol–water partition coefficient (Wildman–Crippen LogP) is -1.48. The zero-order valence-corrected chi connectivity index (χ0v) is 6.97. The molecule has 0 aromatic rings. The third kappa shape index (κ3) is 3.66. The highest BCUT2D eigenvalue weighted by Crippen LogP contribution is 2.31. The molecule has 0 bridgehead atoms. The Kier molecular flexibility index (Phi) is 2.48. The molecule has 0 saturated heterocycles. The van der Waals surface area contributed by atoms with Gasteiger partial charge in [0.2, 0.25) is 0 Å². The first-order valence-corrected chi connectivity index (χ1v) is 5.06. The van der Waals surface area contributed by atoms with E-state index >= 15 is 0 Å². The van der Waals surface area contributed by atoms with Gasteiger partial charge >= 0.3 is 0 Å². The van der Waals surface area contributed by atoms with Gasteiger partial charge in [-0.15, -0.1) is 0 Å². The average Bonchev–Trinajstić information content (AvgIpc) is 2.61. The Morgan fingerprint density at radius 3 is 2.45 bits per heavy atom. The van der Waals surface area contributed by atoms with E-state index in [9.17, 15) is 8.42 Å². The Bertz CT molecular complexity index is 222. The molecule has 1 aliphatic rings. The van der Waals surface area contributed by atoms with E-state index in [0.29, 0.717) is 5.92 Å². The van der Waals surface area contributed by atoms with Gasteiger partial charge in [0.05, 0.1) is 0 Å². The van der Waals surface area contributed by atoms with Gasteiger partial charge in [-0.2, -0.15) is 8.42 Å². The number of nitrogens with one attached hydrogen (secondary N) is 1. The standard InChI is InChI=1S/C5H13N3O2S/c6-5(4-1-2-4)3-8-11(7,9)10/h4-5,8H,1-3,6H2,(H2,7,9,10). The summed E-state index contributed by atoms with van der Waals surface area (Å²) in [7, 11) is -3.55. The van der Waals surface area contributed by atoms with Gasteiger partial charge < -0.3 is 5.73 Å². The molecule has 1 aliphatic carbocycles. The summed E-state index contributed by atoms with van der Waals surface area (Å²) in [6.07, 6.45) is 2.21. The first kappa shape index (κ1) is 8.92. The molecule has 0 heterocycles. The van der Waals surface area contributed by atoms with Crippen molar-refractivity contribution in [2.24, 2.45) is 16.8 Å². The number of nitrogens with two attached hydrogens (primary N) is 2. The van der Waals surface area contributed by atoms with Crippen LogP contribution in [0.3, 0.4) is 0 Å². The summed E-state index contributed by atoms with van der Waals surface area (Å²) in [5, 5.41) is 4.71. The topological polar surface area (TPSA) is 98.2 Å². The molecule has 66 valence electrons. The van der Waals surface area contributed by atoms with E-state index in [0.717, 1.165) is 12.8 Å². The second-order valence-electron chi connectivity index (χ2n) is 2.89. The van der Waals surface area contributed by atoms with Crippen LogP contribution in [0, 0.1) is 5.92 Å². The van der Waals surface area contributed by atoms with Crippen molar-refractivity contribution >= 4 is 10.2 Å². The molecule has 0 spiro atoms. The van der Waals surface area contributed by atoms with Crippen LogP contribution >= 0.6 is 0 Å². The van der Waals surface area contributed by atoms with Crippen molar-refractivity contribution in [3.63, 3.8) is 0 Å². The average molecular weight is 179 g/mol. The van der Waals surface area contributed by atoms with E-state index in [1.807, 2.05) is 0 Å². The lowest BCUT2D eigenvalue weighted by molar-refractivity contribution is 0.549. The van der Waals surface area contributed by atoms with Gasteiger partial charge in [0.1, 0.15) is 0 Å². The maximum absolute atomic E-state index is 10.4. The number of hydrogen-bond acceptors (Lipinski definition) is 3. The van der Waals surface area contributed by atoms with E-state index in [4.69, 9.17) is 10.9 Å². The Morgan fingerprint density at radius 2 is 2.09 bits per heavy atom. The van der Waals surface area contributed by atoms with Crippen LogP contribution < -0.4 is 15.6 Å². The van der Waals surface area contributed by atoms with Crippen LogP contribution in [0.4, 0.5) is 0 Å². The maximum atomic E-state index is 10.4. The Balaban J connectivity index is 2.21. The normalized spacial score (nSPS) is 21.6. The molecule has 1 saturated carbocycles. The largest absolute Gasteiger partial charge is 0.326 e. The first-order chi connectivity index (χ1) is 4.99. The molecule has 6 heteroatoms. The van der Waals surface area contributed by atoms with E-state index in [1.54, 1.807) is 0 Å². The molecule has 5 nitrogen and oxygen atoms in total. The van der Waals surface area contributed by atoms with Crippen molar-refractivity contribution in [1.29, 1.82) is 0 Å². The van der Waals surface area contributed by atoms with Crippen LogP contribution in [0.15, 0.2) is 0 Å². The second kappa shape index (κ2) is 3.06. The van der Waals surface area contributed by atoms with Gasteiger partial charge in [-0.25, -0.2) is 9.86 Å². The molecule has 1 rings (SSSR count). The minimum absolute atomic E-state index is 0.0756. The van der Waals surface area contributed by atoms with Gasteiger partial charge in [-0.3, -0.25) is 0 Å². The SMILES string of the molecule is NC(CNS(N)(=O)=O)C1CC1. The maximum Gasteiger partial charge on any atom is 0.274 e. The fraction of sp³-hybridized carbons (Fsp3) is 1.00. The molecule has 1 fully saturated rings. The molecule has 0 aromatic carbocycles. The second-order valence-corrected chi connectivity index (χ2v) is 4.27. The molecule has 1 atom stereocenters. The first-order valence-electron chi connectivity index (χ1n) is 3.52. The number of hydrogen-bond donors (Lipinski definition) is 3. The summed E-state index contributed by atoms with van der Waals surface area (Å²) >= 11 is 0. The predicted molar refractivity (Wildman–Crippen MR) is 41.8 cm³/mol. The Morgan fingerprint density at radius 1 is 1.55 bits per heavy atom. The lowest BCUT2D eigenvalue weighted by Gasteiger charge is -2.08. The van der Waals surface area contributed by atoms with Crippen LogP contribution in [0.5, 0.6) is 0 Å². The zero-order chi connectivity index (χ0) is 8.48. The molecule has 0 aromatic heterocycles. The van der Waals surface area contributed by atoms with Crippen molar-refractivity contribution < 1.29 is 8.42 Å². The molecule has 11 heavy (non-hydrogen) atoms. The third-order valence-corrected chi connectivity index (χ3v) is 2.32.